The first-order valence-corrected chi connectivity index (χ1v) is 6.09. The average Bonchev–Trinajstić information content (AvgIpc) is 2.72. The number of imidazole rings is 1. The Morgan fingerprint density at radius 3 is 2.89 bits per heavy atom. The predicted molar refractivity (Wildman–Crippen MR) is 66.5 cm³/mol. The fourth-order valence-electron chi connectivity index (χ4n) is 2.27. The zero-order chi connectivity index (χ0) is 13.1. The largest absolute Gasteiger partial charge is 0.406 e. The van der Waals surface area contributed by atoms with Crippen LogP contribution in [0.15, 0.2) is 6.33 Å². The van der Waals surface area contributed by atoms with Crippen molar-refractivity contribution in [1.29, 1.82) is 0 Å². The number of rotatable bonds is 4. The summed E-state index contributed by atoms with van der Waals surface area (Å²) in [5, 5.41) is 14.1. The van der Waals surface area contributed by atoms with E-state index in [-0.39, 0.29) is 11.9 Å². The smallest absolute Gasteiger partial charge is 0.381 e. The summed E-state index contributed by atoms with van der Waals surface area (Å²) in [5.41, 5.74) is 0. The lowest BCUT2D eigenvalue weighted by Crippen LogP contribution is -2.31. The van der Waals surface area contributed by atoms with Crippen molar-refractivity contribution in [3.63, 3.8) is 0 Å². The van der Waals surface area contributed by atoms with Gasteiger partial charge in [-0.3, -0.25) is 4.57 Å². The number of nitrogens with one attached hydrogen (secondary N) is 1. The van der Waals surface area contributed by atoms with E-state index in [1.54, 1.807) is 11.6 Å². The maximum Gasteiger partial charge on any atom is 0.406 e. The minimum Gasteiger partial charge on any atom is -0.381 e. The van der Waals surface area contributed by atoms with E-state index in [0.717, 1.165) is 26.1 Å². The quantitative estimate of drug-likeness (QED) is 0.651. The third-order valence-corrected chi connectivity index (χ3v) is 3.43. The molecular formula is C11H18N4O3. The monoisotopic (exact) mass is 254 g/mol. The summed E-state index contributed by atoms with van der Waals surface area (Å²) < 4.78 is 6.96. The molecule has 0 bridgehead atoms. The molecule has 1 unspecified atom stereocenters. The number of aryl methyl sites for hydroxylation is 1. The van der Waals surface area contributed by atoms with Crippen molar-refractivity contribution in [2.24, 2.45) is 13.0 Å². The Bertz CT molecular complexity index is 426. The van der Waals surface area contributed by atoms with E-state index in [2.05, 4.69) is 10.3 Å². The van der Waals surface area contributed by atoms with Gasteiger partial charge in [-0.2, -0.15) is 0 Å². The van der Waals surface area contributed by atoms with E-state index < -0.39 is 4.92 Å². The fourth-order valence-corrected chi connectivity index (χ4v) is 2.27. The van der Waals surface area contributed by atoms with Gasteiger partial charge in [0.05, 0.1) is 0 Å². The van der Waals surface area contributed by atoms with E-state index in [9.17, 15) is 10.1 Å². The number of nitrogens with zero attached hydrogens (tertiary/aromatic N) is 3. The highest BCUT2D eigenvalue weighted by Crippen LogP contribution is 2.26. The molecule has 1 aromatic heterocycles. The highest BCUT2D eigenvalue weighted by Gasteiger charge is 2.26. The molecule has 0 spiro atoms. The summed E-state index contributed by atoms with van der Waals surface area (Å²) in [6, 6.07) is 0.169. The van der Waals surface area contributed by atoms with E-state index in [4.69, 9.17) is 4.74 Å². The summed E-state index contributed by atoms with van der Waals surface area (Å²) in [4.78, 5) is 14.2. The Labute approximate surface area is 105 Å². The fraction of sp³-hybridized carbons (Fsp3) is 0.727. The van der Waals surface area contributed by atoms with Crippen molar-refractivity contribution in [2.45, 2.75) is 25.8 Å². The molecule has 2 heterocycles. The van der Waals surface area contributed by atoms with Crippen LogP contribution in [0.1, 0.15) is 19.8 Å². The van der Waals surface area contributed by atoms with Crippen molar-refractivity contribution >= 4 is 11.6 Å². The second kappa shape index (κ2) is 5.34. The van der Waals surface area contributed by atoms with Gasteiger partial charge < -0.3 is 20.2 Å². The molecule has 7 nitrogen and oxygen atoms in total. The van der Waals surface area contributed by atoms with E-state index >= 15 is 0 Å². The second-order valence-electron chi connectivity index (χ2n) is 4.67. The van der Waals surface area contributed by atoms with Gasteiger partial charge in [0.2, 0.25) is 12.1 Å². The van der Waals surface area contributed by atoms with Gasteiger partial charge in [-0.1, -0.05) is 0 Å². The molecule has 0 aliphatic carbocycles. The molecule has 0 amide bonds. The summed E-state index contributed by atoms with van der Waals surface area (Å²) in [7, 11) is 1.75. The SMILES string of the molecule is CC(Nc1c([N+](=O)[O-])ncn1C)C1CCOCC1. The molecule has 0 aromatic carbocycles. The molecule has 1 aromatic rings. The first kappa shape index (κ1) is 12.8. The molecule has 1 aliphatic rings. The van der Waals surface area contributed by atoms with Gasteiger partial charge in [0.25, 0.3) is 0 Å². The number of ether oxygens (including phenoxy) is 1. The van der Waals surface area contributed by atoms with Gasteiger partial charge in [-0.05, 0) is 35.6 Å². The zero-order valence-corrected chi connectivity index (χ0v) is 10.6. The van der Waals surface area contributed by atoms with Gasteiger partial charge >= 0.3 is 5.82 Å². The first-order valence-electron chi connectivity index (χ1n) is 6.09. The van der Waals surface area contributed by atoms with Crippen LogP contribution in [0.25, 0.3) is 0 Å². The third-order valence-electron chi connectivity index (χ3n) is 3.43. The zero-order valence-electron chi connectivity index (χ0n) is 10.6. The molecule has 100 valence electrons. The Morgan fingerprint density at radius 2 is 2.28 bits per heavy atom. The Kier molecular flexibility index (Phi) is 3.81. The topological polar surface area (TPSA) is 82.2 Å². The Balaban J connectivity index is 2.08. The maximum atomic E-state index is 10.9. The molecule has 1 aliphatic heterocycles. The highest BCUT2D eigenvalue weighted by molar-refractivity contribution is 5.52. The summed E-state index contributed by atoms with van der Waals surface area (Å²) in [5.74, 6) is 0.837. The molecule has 1 fully saturated rings. The van der Waals surface area contributed by atoms with E-state index in [1.165, 1.54) is 6.33 Å². The summed E-state index contributed by atoms with van der Waals surface area (Å²) in [6.45, 7) is 3.58. The summed E-state index contributed by atoms with van der Waals surface area (Å²) in [6.07, 6.45) is 3.43. The van der Waals surface area contributed by atoms with Crippen molar-refractivity contribution in [3.05, 3.63) is 16.4 Å². The van der Waals surface area contributed by atoms with Crippen molar-refractivity contribution in [1.82, 2.24) is 9.55 Å². The van der Waals surface area contributed by atoms with Gasteiger partial charge in [-0.15, -0.1) is 0 Å². The van der Waals surface area contributed by atoms with Crippen molar-refractivity contribution < 1.29 is 9.66 Å². The van der Waals surface area contributed by atoms with Crippen LogP contribution in [-0.4, -0.2) is 33.7 Å². The van der Waals surface area contributed by atoms with Gasteiger partial charge in [0.1, 0.15) is 0 Å². The number of hydrogen-bond acceptors (Lipinski definition) is 5. The molecule has 1 saturated heterocycles. The molecule has 0 saturated carbocycles. The standard InChI is InChI=1S/C11H18N4O3/c1-8(9-3-5-18-6-4-9)13-11-10(15(16)17)12-7-14(11)2/h7-9,13H,3-6H2,1-2H3. The van der Waals surface area contributed by atoms with Crippen LogP contribution >= 0.6 is 0 Å². The molecule has 18 heavy (non-hydrogen) atoms. The van der Waals surface area contributed by atoms with Crippen molar-refractivity contribution in [2.75, 3.05) is 18.5 Å². The second-order valence-corrected chi connectivity index (χ2v) is 4.67. The minimum absolute atomic E-state index is 0.114. The van der Waals surface area contributed by atoms with Crippen LogP contribution in [0.5, 0.6) is 0 Å². The molecule has 1 atom stereocenters. The predicted octanol–water partition coefficient (Wildman–Crippen LogP) is 1.56. The maximum absolute atomic E-state index is 10.9. The van der Waals surface area contributed by atoms with E-state index in [0.29, 0.717) is 11.7 Å². The van der Waals surface area contributed by atoms with Crippen LogP contribution in [-0.2, 0) is 11.8 Å². The van der Waals surface area contributed by atoms with Crippen LogP contribution < -0.4 is 5.32 Å². The summed E-state index contributed by atoms with van der Waals surface area (Å²) >= 11 is 0. The molecule has 1 N–H and O–H groups in total. The number of hydrogen-bond donors (Lipinski definition) is 1. The van der Waals surface area contributed by atoms with Gasteiger partial charge in [0.15, 0.2) is 0 Å². The Morgan fingerprint density at radius 1 is 1.61 bits per heavy atom. The van der Waals surface area contributed by atoms with Crippen LogP contribution in [0.3, 0.4) is 0 Å². The molecule has 7 heteroatoms. The molecule has 0 radical (unpaired) electrons. The Hall–Kier alpha value is -1.63. The molecule has 2 rings (SSSR count). The van der Waals surface area contributed by atoms with Gasteiger partial charge in [-0.25, -0.2) is 0 Å². The lowest BCUT2D eigenvalue weighted by atomic mass is 9.93. The lowest BCUT2D eigenvalue weighted by Gasteiger charge is -2.28. The lowest BCUT2D eigenvalue weighted by molar-refractivity contribution is -0.388. The number of aromatic nitrogens is 2. The minimum atomic E-state index is -0.459. The van der Waals surface area contributed by atoms with Crippen LogP contribution in [0.2, 0.25) is 0 Å². The van der Waals surface area contributed by atoms with Crippen LogP contribution in [0, 0.1) is 16.0 Å². The number of anilines is 1. The van der Waals surface area contributed by atoms with Crippen LogP contribution in [0.4, 0.5) is 11.6 Å². The molecular weight excluding hydrogens is 236 g/mol. The van der Waals surface area contributed by atoms with Gasteiger partial charge in [0, 0.05) is 26.3 Å². The first-order chi connectivity index (χ1) is 8.59. The average molecular weight is 254 g/mol. The third kappa shape index (κ3) is 2.61. The normalized spacial score (nSPS) is 18.6. The highest BCUT2D eigenvalue weighted by atomic mass is 16.6. The van der Waals surface area contributed by atoms with E-state index in [1.807, 2.05) is 6.92 Å². The van der Waals surface area contributed by atoms with Crippen molar-refractivity contribution in [3.8, 4) is 0 Å². The number of nitro groups is 1.